The molecule has 0 atom stereocenters. The Kier molecular flexibility index (Phi) is 8.29. The van der Waals surface area contributed by atoms with Gasteiger partial charge in [-0.05, 0) is 12.5 Å². The molecule has 0 bridgehead atoms. The summed E-state index contributed by atoms with van der Waals surface area (Å²) in [5, 5.41) is 11.6. The summed E-state index contributed by atoms with van der Waals surface area (Å²) < 4.78 is 0. The number of aromatic nitrogens is 2. The molecule has 21 heavy (non-hydrogen) atoms. The summed E-state index contributed by atoms with van der Waals surface area (Å²) in [7, 11) is 2.17. The Labute approximate surface area is 140 Å². The molecule has 0 saturated carbocycles. The third-order valence-corrected chi connectivity index (χ3v) is 3.31. The third-order valence-electron chi connectivity index (χ3n) is 3.31. The van der Waals surface area contributed by atoms with E-state index in [1.54, 1.807) is 0 Å². The Bertz CT molecular complexity index is 414. The number of hydrogen-bond acceptors (Lipinski definition) is 5. The summed E-state index contributed by atoms with van der Waals surface area (Å²) >= 11 is 0. The van der Waals surface area contributed by atoms with Gasteiger partial charge < -0.3 is 15.1 Å². The monoisotopic (exact) mass is 335 g/mol. The van der Waals surface area contributed by atoms with Crippen molar-refractivity contribution >= 4 is 36.3 Å². The van der Waals surface area contributed by atoms with Crippen LogP contribution < -0.4 is 10.2 Å². The first-order chi connectivity index (χ1) is 8.94. The molecule has 2 rings (SSSR count). The lowest BCUT2D eigenvalue weighted by atomic mass is 9.97. The molecule has 0 amide bonds. The van der Waals surface area contributed by atoms with Crippen LogP contribution in [0.5, 0.6) is 0 Å². The van der Waals surface area contributed by atoms with Crippen molar-refractivity contribution in [3.05, 3.63) is 12.3 Å². The minimum Gasteiger partial charge on any atom is -0.368 e. The second kappa shape index (κ2) is 8.61. The van der Waals surface area contributed by atoms with Gasteiger partial charge in [0, 0.05) is 38.8 Å². The molecule has 2 heterocycles. The first kappa shape index (κ1) is 20.2. The highest BCUT2D eigenvalue weighted by molar-refractivity contribution is 5.85. The maximum Gasteiger partial charge on any atom is 0.150 e. The zero-order chi connectivity index (χ0) is 13.9. The van der Waals surface area contributed by atoms with Gasteiger partial charge >= 0.3 is 0 Å². The van der Waals surface area contributed by atoms with E-state index in [0.717, 1.165) is 38.5 Å². The average molecular weight is 336 g/mol. The van der Waals surface area contributed by atoms with Crippen LogP contribution in [0.3, 0.4) is 0 Å². The lowest BCUT2D eigenvalue weighted by Crippen LogP contribution is -2.44. The number of nitrogens with zero attached hydrogens (tertiary/aromatic N) is 4. The van der Waals surface area contributed by atoms with Gasteiger partial charge in [0.15, 0.2) is 5.82 Å². The molecule has 1 aromatic heterocycles. The van der Waals surface area contributed by atoms with Crippen LogP contribution in [0.25, 0.3) is 0 Å². The highest BCUT2D eigenvalue weighted by Crippen LogP contribution is 2.19. The minimum atomic E-state index is 0. The van der Waals surface area contributed by atoms with Crippen molar-refractivity contribution in [1.82, 2.24) is 15.1 Å². The van der Waals surface area contributed by atoms with Gasteiger partial charge in [0.2, 0.25) is 0 Å². The number of anilines is 2. The number of halogens is 2. The number of likely N-dealkylation sites (N-methyl/N-ethyl adjacent to an activating group) is 1. The maximum atomic E-state index is 4.15. The number of rotatable bonds is 3. The largest absolute Gasteiger partial charge is 0.368 e. The molecule has 7 heteroatoms. The van der Waals surface area contributed by atoms with Crippen LogP contribution in [0.15, 0.2) is 12.3 Å². The van der Waals surface area contributed by atoms with Gasteiger partial charge in [-0.2, -0.15) is 5.10 Å². The molecule has 1 aliphatic rings. The Morgan fingerprint density at radius 2 is 1.76 bits per heavy atom. The van der Waals surface area contributed by atoms with Crippen molar-refractivity contribution in [2.45, 2.75) is 20.8 Å². The number of nitrogens with one attached hydrogen (secondary N) is 1. The second-order valence-corrected chi connectivity index (χ2v) is 6.50. The fourth-order valence-corrected chi connectivity index (χ4v) is 2.04. The predicted octanol–water partition coefficient (Wildman–Crippen LogP) is 2.53. The smallest absolute Gasteiger partial charge is 0.150 e. The Hall–Kier alpha value is -0.780. The second-order valence-electron chi connectivity index (χ2n) is 6.50. The van der Waals surface area contributed by atoms with Crippen molar-refractivity contribution < 1.29 is 0 Å². The summed E-state index contributed by atoms with van der Waals surface area (Å²) in [4.78, 5) is 4.72. The van der Waals surface area contributed by atoms with Gasteiger partial charge in [0.1, 0.15) is 0 Å². The van der Waals surface area contributed by atoms with E-state index in [0.29, 0.717) is 0 Å². The topological polar surface area (TPSA) is 44.3 Å². The van der Waals surface area contributed by atoms with Crippen molar-refractivity contribution in [2.24, 2.45) is 5.41 Å². The van der Waals surface area contributed by atoms with Crippen molar-refractivity contribution in [2.75, 3.05) is 50.0 Å². The molecule has 0 unspecified atom stereocenters. The van der Waals surface area contributed by atoms with E-state index in [4.69, 9.17) is 0 Å². The Balaban J connectivity index is 0.00000200. The van der Waals surface area contributed by atoms with Crippen LogP contribution in [0, 0.1) is 5.41 Å². The van der Waals surface area contributed by atoms with E-state index in [1.165, 1.54) is 5.69 Å². The first-order valence-electron chi connectivity index (χ1n) is 6.94. The van der Waals surface area contributed by atoms with Gasteiger partial charge in [-0.3, -0.25) is 0 Å². The van der Waals surface area contributed by atoms with Crippen LogP contribution >= 0.6 is 24.8 Å². The zero-order valence-corrected chi connectivity index (χ0v) is 14.9. The molecule has 0 aliphatic carbocycles. The molecule has 1 N–H and O–H groups in total. The van der Waals surface area contributed by atoms with Crippen molar-refractivity contribution in [1.29, 1.82) is 0 Å². The molecular formula is C14H27Cl2N5. The van der Waals surface area contributed by atoms with Crippen molar-refractivity contribution in [3.63, 3.8) is 0 Å². The molecule has 1 aliphatic heterocycles. The summed E-state index contributed by atoms with van der Waals surface area (Å²) in [5.74, 6) is 0.867. The molecule has 0 radical (unpaired) electrons. The number of hydrogen-bond donors (Lipinski definition) is 1. The summed E-state index contributed by atoms with van der Waals surface area (Å²) in [5.41, 5.74) is 1.41. The molecule has 0 spiro atoms. The van der Waals surface area contributed by atoms with Gasteiger partial charge in [-0.1, -0.05) is 20.8 Å². The van der Waals surface area contributed by atoms with E-state index < -0.39 is 0 Å². The summed E-state index contributed by atoms with van der Waals surface area (Å²) in [6, 6.07) is 2.10. The fourth-order valence-electron chi connectivity index (χ4n) is 2.04. The van der Waals surface area contributed by atoms with E-state index in [1.807, 2.05) is 6.20 Å². The fraction of sp³-hybridized carbons (Fsp3) is 0.714. The van der Waals surface area contributed by atoms with Gasteiger partial charge in [0.05, 0.1) is 11.9 Å². The van der Waals surface area contributed by atoms with E-state index >= 15 is 0 Å². The summed E-state index contributed by atoms with van der Waals surface area (Å²) in [6.45, 7) is 11.8. The molecule has 1 saturated heterocycles. The molecule has 5 nitrogen and oxygen atoms in total. The quantitative estimate of drug-likeness (QED) is 0.919. The van der Waals surface area contributed by atoms with Crippen LogP contribution in [0.1, 0.15) is 20.8 Å². The van der Waals surface area contributed by atoms with E-state index in [-0.39, 0.29) is 30.2 Å². The minimum absolute atomic E-state index is 0. The number of piperazine rings is 1. The normalized spacial score (nSPS) is 15.9. The Morgan fingerprint density at radius 1 is 1.14 bits per heavy atom. The average Bonchev–Trinajstić information content (AvgIpc) is 2.37. The van der Waals surface area contributed by atoms with Crippen molar-refractivity contribution in [3.8, 4) is 0 Å². The van der Waals surface area contributed by atoms with Gasteiger partial charge in [-0.15, -0.1) is 29.9 Å². The van der Waals surface area contributed by atoms with E-state index in [9.17, 15) is 0 Å². The lowest BCUT2D eigenvalue weighted by molar-refractivity contribution is 0.312. The van der Waals surface area contributed by atoms with E-state index in [2.05, 4.69) is 59.2 Å². The third kappa shape index (κ3) is 6.68. The molecule has 122 valence electrons. The van der Waals surface area contributed by atoms with Crippen LogP contribution in [-0.2, 0) is 0 Å². The first-order valence-corrected chi connectivity index (χ1v) is 6.94. The highest BCUT2D eigenvalue weighted by Gasteiger charge is 2.15. The highest BCUT2D eigenvalue weighted by atomic mass is 35.5. The van der Waals surface area contributed by atoms with Crippen LogP contribution in [-0.4, -0.2) is 54.9 Å². The molecule has 1 fully saturated rings. The molecule has 1 aromatic rings. The maximum absolute atomic E-state index is 4.15. The van der Waals surface area contributed by atoms with Crippen LogP contribution in [0.2, 0.25) is 0 Å². The SMILES string of the molecule is CN1CCN(c2cnnc(NCC(C)(C)C)c2)CC1.Cl.Cl. The molecule has 0 aromatic carbocycles. The Morgan fingerprint density at radius 3 is 2.33 bits per heavy atom. The molecular weight excluding hydrogens is 309 g/mol. The zero-order valence-electron chi connectivity index (χ0n) is 13.3. The summed E-state index contributed by atoms with van der Waals surface area (Å²) in [6.07, 6.45) is 1.85. The standard InChI is InChI=1S/C14H25N5.2ClH/c1-14(2,3)11-15-13-9-12(10-16-17-13)19-7-5-18(4)6-8-19;;/h9-10H,5-8,11H2,1-4H3,(H,15,17);2*1H. The lowest BCUT2D eigenvalue weighted by Gasteiger charge is -2.33. The van der Waals surface area contributed by atoms with Gasteiger partial charge in [0.25, 0.3) is 0 Å². The van der Waals surface area contributed by atoms with Crippen LogP contribution in [0.4, 0.5) is 11.5 Å². The van der Waals surface area contributed by atoms with Gasteiger partial charge in [-0.25, -0.2) is 0 Å². The predicted molar refractivity (Wildman–Crippen MR) is 94.2 cm³/mol.